The highest BCUT2D eigenvalue weighted by Crippen LogP contribution is 2.22. The summed E-state index contributed by atoms with van der Waals surface area (Å²) in [6.07, 6.45) is 2.84. The topological polar surface area (TPSA) is 89.0 Å². The summed E-state index contributed by atoms with van der Waals surface area (Å²) < 4.78 is 10.2. The summed E-state index contributed by atoms with van der Waals surface area (Å²) in [5.74, 6) is -0.477. The van der Waals surface area contributed by atoms with Crippen LogP contribution in [0, 0.1) is 0 Å². The quantitative estimate of drug-likeness (QED) is 0.345. The number of carbonyl (C=O) groups is 2. The smallest absolute Gasteiger partial charge is 0.329 e. The number of hydrogen-bond donors (Lipinski definition) is 2. The minimum Gasteiger partial charge on any atom is -0.497 e. The number of benzene rings is 1. The Hall–Kier alpha value is -2.83. The third-order valence-electron chi connectivity index (χ3n) is 2.42. The molecule has 7 heteroatoms. The summed E-state index contributed by atoms with van der Waals surface area (Å²) >= 11 is 0. The van der Waals surface area contributed by atoms with Crippen LogP contribution in [0.1, 0.15) is 5.56 Å². The van der Waals surface area contributed by atoms with E-state index in [-0.39, 0.29) is 6.54 Å². The van der Waals surface area contributed by atoms with Crippen molar-refractivity contribution in [3.8, 4) is 11.5 Å². The second-order valence-corrected chi connectivity index (χ2v) is 3.81. The van der Waals surface area contributed by atoms with Crippen molar-refractivity contribution < 1.29 is 19.1 Å². The molecule has 112 valence electrons. The van der Waals surface area contributed by atoms with E-state index in [9.17, 15) is 9.59 Å². The lowest BCUT2D eigenvalue weighted by Crippen LogP contribution is -2.37. The Bertz CT molecular complexity index is 555. The normalized spacial score (nSPS) is 10.0. The molecule has 0 saturated carbocycles. The van der Waals surface area contributed by atoms with Gasteiger partial charge in [-0.3, -0.25) is 9.59 Å². The molecule has 0 radical (unpaired) electrons. The van der Waals surface area contributed by atoms with Crippen LogP contribution in [0.25, 0.3) is 0 Å². The average molecular weight is 291 g/mol. The Morgan fingerprint density at radius 1 is 1.29 bits per heavy atom. The van der Waals surface area contributed by atoms with Crippen LogP contribution in [0.2, 0.25) is 0 Å². The number of ether oxygens (including phenoxy) is 2. The van der Waals surface area contributed by atoms with Crippen LogP contribution < -0.4 is 20.2 Å². The minimum atomic E-state index is -0.861. The van der Waals surface area contributed by atoms with E-state index in [0.717, 1.165) is 0 Å². The molecule has 1 aromatic rings. The fourth-order valence-electron chi connectivity index (χ4n) is 1.38. The third-order valence-corrected chi connectivity index (χ3v) is 2.42. The molecule has 1 aromatic carbocycles. The zero-order valence-electron chi connectivity index (χ0n) is 11.9. The molecule has 0 heterocycles. The van der Waals surface area contributed by atoms with Crippen molar-refractivity contribution in [2.24, 2.45) is 5.10 Å². The standard InChI is InChI=1S/C14H17N3O4/c1-4-7-15-13(18)14(19)17-16-9-10-5-6-11(20-2)8-12(10)21-3/h4-6,8-9H,1,7H2,2-3H3,(H,15,18)(H,17,19)/b16-9+. The molecule has 0 saturated heterocycles. The molecule has 0 atom stereocenters. The van der Waals surface area contributed by atoms with Crippen molar-refractivity contribution in [3.05, 3.63) is 36.4 Å². The molecule has 1 rings (SSSR count). The molecule has 2 N–H and O–H groups in total. The van der Waals surface area contributed by atoms with E-state index in [4.69, 9.17) is 9.47 Å². The zero-order valence-corrected chi connectivity index (χ0v) is 11.9. The second kappa shape index (κ2) is 8.36. The van der Waals surface area contributed by atoms with E-state index in [1.165, 1.54) is 19.4 Å². The molecule has 0 aliphatic rings. The first-order valence-corrected chi connectivity index (χ1v) is 6.06. The number of amides is 2. The van der Waals surface area contributed by atoms with Crippen molar-refractivity contribution in [2.45, 2.75) is 0 Å². The van der Waals surface area contributed by atoms with Crippen LogP contribution in [0.15, 0.2) is 36.0 Å². The second-order valence-electron chi connectivity index (χ2n) is 3.81. The predicted molar refractivity (Wildman–Crippen MR) is 78.5 cm³/mol. The molecule has 0 unspecified atom stereocenters. The van der Waals surface area contributed by atoms with E-state index in [2.05, 4.69) is 22.4 Å². The molecule has 21 heavy (non-hydrogen) atoms. The first-order chi connectivity index (χ1) is 10.1. The molecule has 0 aliphatic heterocycles. The summed E-state index contributed by atoms with van der Waals surface area (Å²) in [7, 11) is 3.05. The largest absolute Gasteiger partial charge is 0.497 e. The van der Waals surface area contributed by atoms with Crippen LogP contribution in [0.5, 0.6) is 11.5 Å². The zero-order chi connectivity index (χ0) is 15.7. The Balaban J connectivity index is 2.66. The van der Waals surface area contributed by atoms with Crippen LogP contribution in [0.4, 0.5) is 0 Å². The molecular weight excluding hydrogens is 274 g/mol. The summed E-state index contributed by atoms with van der Waals surface area (Å²) in [5.41, 5.74) is 2.75. The van der Waals surface area contributed by atoms with E-state index in [1.54, 1.807) is 25.3 Å². The maximum absolute atomic E-state index is 11.4. The molecule has 0 aliphatic carbocycles. The summed E-state index contributed by atoms with van der Waals surface area (Å²) in [4.78, 5) is 22.6. The van der Waals surface area contributed by atoms with Gasteiger partial charge in [0.2, 0.25) is 0 Å². The van der Waals surface area contributed by atoms with Gasteiger partial charge in [0.05, 0.1) is 20.4 Å². The fraction of sp³-hybridized carbons (Fsp3) is 0.214. The summed E-state index contributed by atoms with van der Waals surface area (Å²) in [6, 6.07) is 5.12. The maximum Gasteiger partial charge on any atom is 0.329 e. The van der Waals surface area contributed by atoms with E-state index in [1.807, 2.05) is 0 Å². The Morgan fingerprint density at radius 3 is 2.67 bits per heavy atom. The molecule has 0 spiro atoms. The maximum atomic E-state index is 11.4. The highest BCUT2D eigenvalue weighted by Gasteiger charge is 2.10. The van der Waals surface area contributed by atoms with E-state index in [0.29, 0.717) is 17.1 Å². The SMILES string of the molecule is C=CCNC(=O)C(=O)N/N=C/c1ccc(OC)cc1OC. The fourth-order valence-corrected chi connectivity index (χ4v) is 1.38. The third kappa shape index (κ3) is 4.98. The van der Waals surface area contributed by atoms with Gasteiger partial charge in [-0.1, -0.05) is 6.08 Å². The van der Waals surface area contributed by atoms with Crippen LogP contribution in [0.3, 0.4) is 0 Å². The highest BCUT2D eigenvalue weighted by molar-refractivity contribution is 6.35. The van der Waals surface area contributed by atoms with Gasteiger partial charge >= 0.3 is 11.8 Å². The number of hydrazone groups is 1. The first kappa shape index (κ1) is 16.2. The number of carbonyl (C=O) groups excluding carboxylic acids is 2. The van der Waals surface area contributed by atoms with E-state index < -0.39 is 11.8 Å². The number of methoxy groups -OCH3 is 2. The summed E-state index contributed by atoms with van der Waals surface area (Å²) in [6.45, 7) is 3.64. The molecule has 0 fully saturated rings. The van der Waals surface area contributed by atoms with Crippen molar-refractivity contribution in [1.82, 2.24) is 10.7 Å². The first-order valence-electron chi connectivity index (χ1n) is 6.06. The van der Waals surface area contributed by atoms with Gasteiger partial charge in [-0.15, -0.1) is 6.58 Å². The van der Waals surface area contributed by atoms with Crippen molar-refractivity contribution in [1.29, 1.82) is 0 Å². The van der Waals surface area contributed by atoms with Gasteiger partial charge in [-0.25, -0.2) is 5.43 Å². The lowest BCUT2D eigenvalue weighted by molar-refractivity contribution is -0.139. The number of rotatable bonds is 6. The van der Waals surface area contributed by atoms with E-state index >= 15 is 0 Å². The van der Waals surface area contributed by atoms with Gasteiger partial charge in [-0.05, 0) is 12.1 Å². The minimum absolute atomic E-state index is 0.211. The Kier molecular flexibility index (Phi) is 6.46. The van der Waals surface area contributed by atoms with Crippen molar-refractivity contribution in [3.63, 3.8) is 0 Å². The van der Waals surface area contributed by atoms with Crippen molar-refractivity contribution in [2.75, 3.05) is 20.8 Å². The molecule has 2 amide bonds. The molecule has 7 nitrogen and oxygen atoms in total. The van der Waals surface area contributed by atoms with Crippen LogP contribution in [-0.2, 0) is 9.59 Å². The summed E-state index contributed by atoms with van der Waals surface area (Å²) in [5, 5.41) is 6.04. The van der Waals surface area contributed by atoms with Gasteiger partial charge in [0, 0.05) is 18.2 Å². The van der Waals surface area contributed by atoms with Gasteiger partial charge in [0.25, 0.3) is 0 Å². The predicted octanol–water partition coefficient (Wildman–Crippen LogP) is 0.456. The van der Waals surface area contributed by atoms with Gasteiger partial charge in [-0.2, -0.15) is 5.10 Å². The lowest BCUT2D eigenvalue weighted by atomic mass is 10.2. The highest BCUT2D eigenvalue weighted by atomic mass is 16.5. The monoisotopic (exact) mass is 291 g/mol. The number of hydrogen-bond acceptors (Lipinski definition) is 5. The number of nitrogens with one attached hydrogen (secondary N) is 2. The Morgan fingerprint density at radius 2 is 2.05 bits per heavy atom. The van der Waals surface area contributed by atoms with Gasteiger partial charge < -0.3 is 14.8 Å². The van der Waals surface area contributed by atoms with Gasteiger partial charge in [0.1, 0.15) is 11.5 Å². The molecule has 0 bridgehead atoms. The van der Waals surface area contributed by atoms with Crippen molar-refractivity contribution >= 4 is 18.0 Å². The molecule has 0 aromatic heterocycles. The Labute approximate surface area is 122 Å². The van der Waals surface area contributed by atoms with Gasteiger partial charge in [0.15, 0.2) is 0 Å². The van der Waals surface area contributed by atoms with Crippen LogP contribution in [-0.4, -0.2) is 38.8 Å². The molecular formula is C14H17N3O4. The average Bonchev–Trinajstić information content (AvgIpc) is 2.52. The lowest BCUT2D eigenvalue weighted by Gasteiger charge is -2.06. The number of nitrogens with zero attached hydrogens (tertiary/aromatic N) is 1. The van der Waals surface area contributed by atoms with Crippen LogP contribution >= 0.6 is 0 Å².